The first kappa shape index (κ1) is 15.4. The predicted octanol–water partition coefficient (Wildman–Crippen LogP) is 3.02. The van der Waals surface area contributed by atoms with Crippen LogP contribution in [0.2, 0.25) is 0 Å². The van der Waals surface area contributed by atoms with Gasteiger partial charge in [0.1, 0.15) is 0 Å². The Morgan fingerprint density at radius 1 is 1.29 bits per heavy atom. The second kappa shape index (κ2) is 7.18. The number of nitrogens with two attached hydrogens (primary N) is 1. The number of pyridine rings is 1. The quantitative estimate of drug-likeness (QED) is 0.606. The second-order valence-corrected chi connectivity index (χ2v) is 5.90. The highest BCUT2D eigenvalue weighted by atomic mass is 15.1. The van der Waals surface area contributed by atoms with Gasteiger partial charge in [0.15, 0.2) is 0 Å². The molecule has 0 spiro atoms. The Kier molecular flexibility index (Phi) is 5.28. The molecule has 0 fully saturated rings. The van der Waals surface area contributed by atoms with Gasteiger partial charge in [-0.2, -0.15) is 0 Å². The molecule has 112 valence electrons. The van der Waals surface area contributed by atoms with Crippen molar-refractivity contribution in [3.63, 3.8) is 0 Å². The topological polar surface area (TPSA) is 66.0 Å². The number of benzene rings is 1. The minimum Gasteiger partial charge on any atom is -0.388 e. The first-order valence-corrected chi connectivity index (χ1v) is 7.44. The molecule has 0 unspecified atom stereocenters. The number of hydrogen-bond acceptors (Lipinski definition) is 3. The maximum Gasteiger partial charge on any atom is 0.0918 e. The third-order valence-corrected chi connectivity index (χ3v) is 3.43. The summed E-state index contributed by atoms with van der Waals surface area (Å²) in [5.41, 5.74) is 7.80. The molecule has 4 nitrogen and oxygen atoms in total. The SMILES string of the molecule is CC(C)CN(CCC(=N)N)Cc1cccc2cccnc12. The third-order valence-electron chi connectivity index (χ3n) is 3.43. The van der Waals surface area contributed by atoms with Gasteiger partial charge in [0.05, 0.1) is 11.4 Å². The lowest BCUT2D eigenvalue weighted by molar-refractivity contribution is 0.243. The lowest BCUT2D eigenvalue weighted by Gasteiger charge is -2.24. The summed E-state index contributed by atoms with van der Waals surface area (Å²) < 4.78 is 0. The lowest BCUT2D eigenvalue weighted by Crippen LogP contribution is -2.31. The van der Waals surface area contributed by atoms with E-state index in [1.54, 1.807) is 0 Å². The van der Waals surface area contributed by atoms with E-state index in [9.17, 15) is 0 Å². The number of fused-ring (bicyclic) bond motifs is 1. The highest BCUT2D eigenvalue weighted by Gasteiger charge is 2.11. The van der Waals surface area contributed by atoms with Crippen molar-refractivity contribution in [2.24, 2.45) is 11.7 Å². The fraction of sp³-hybridized carbons (Fsp3) is 0.412. The van der Waals surface area contributed by atoms with Crippen LogP contribution in [0.3, 0.4) is 0 Å². The standard InChI is InChI=1S/C17H24N4/c1-13(2)11-21(10-8-16(18)19)12-15-6-3-5-14-7-4-9-20-17(14)15/h3-7,9,13H,8,10-12H2,1-2H3,(H3,18,19). The summed E-state index contributed by atoms with van der Waals surface area (Å²) in [6, 6.07) is 10.4. The van der Waals surface area contributed by atoms with E-state index in [2.05, 4.69) is 48.0 Å². The molecule has 0 saturated carbocycles. The van der Waals surface area contributed by atoms with Gasteiger partial charge in [0.25, 0.3) is 0 Å². The fourth-order valence-corrected chi connectivity index (χ4v) is 2.57. The summed E-state index contributed by atoms with van der Waals surface area (Å²) in [5.74, 6) is 0.833. The summed E-state index contributed by atoms with van der Waals surface area (Å²) in [6.07, 6.45) is 2.46. The van der Waals surface area contributed by atoms with E-state index in [1.165, 1.54) is 10.9 Å². The van der Waals surface area contributed by atoms with Gasteiger partial charge in [-0.1, -0.05) is 38.1 Å². The van der Waals surface area contributed by atoms with Crippen molar-refractivity contribution < 1.29 is 0 Å². The molecular weight excluding hydrogens is 260 g/mol. The van der Waals surface area contributed by atoms with E-state index in [1.807, 2.05) is 12.3 Å². The van der Waals surface area contributed by atoms with Gasteiger partial charge in [-0.3, -0.25) is 15.3 Å². The average molecular weight is 284 g/mol. The van der Waals surface area contributed by atoms with E-state index in [4.69, 9.17) is 11.1 Å². The van der Waals surface area contributed by atoms with E-state index in [0.29, 0.717) is 12.3 Å². The van der Waals surface area contributed by atoms with Crippen molar-refractivity contribution >= 4 is 16.7 Å². The molecule has 0 aliphatic rings. The molecule has 1 heterocycles. The van der Waals surface area contributed by atoms with Gasteiger partial charge >= 0.3 is 0 Å². The molecule has 0 aliphatic carbocycles. The van der Waals surface area contributed by atoms with Crippen LogP contribution in [0.5, 0.6) is 0 Å². The Morgan fingerprint density at radius 2 is 2.05 bits per heavy atom. The van der Waals surface area contributed by atoms with Crippen molar-refractivity contribution in [1.82, 2.24) is 9.88 Å². The Balaban J connectivity index is 2.19. The van der Waals surface area contributed by atoms with Crippen molar-refractivity contribution in [2.45, 2.75) is 26.8 Å². The van der Waals surface area contributed by atoms with E-state index in [-0.39, 0.29) is 5.84 Å². The smallest absolute Gasteiger partial charge is 0.0918 e. The zero-order valence-corrected chi connectivity index (χ0v) is 12.8. The van der Waals surface area contributed by atoms with Gasteiger partial charge in [-0.05, 0) is 17.5 Å². The van der Waals surface area contributed by atoms with Gasteiger partial charge in [0.2, 0.25) is 0 Å². The van der Waals surface area contributed by atoms with Crippen LogP contribution in [-0.4, -0.2) is 28.8 Å². The highest BCUT2D eigenvalue weighted by Crippen LogP contribution is 2.18. The molecule has 0 atom stereocenters. The van der Waals surface area contributed by atoms with Crippen molar-refractivity contribution in [1.29, 1.82) is 5.41 Å². The zero-order valence-electron chi connectivity index (χ0n) is 12.8. The number of amidine groups is 1. The molecule has 3 N–H and O–H groups in total. The first-order chi connectivity index (χ1) is 10.1. The van der Waals surface area contributed by atoms with Crippen LogP contribution in [-0.2, 0) is 6.54 Å². The van der Waals surface area contributed by atoms with Crippen LogP contribution in [0.15, 0.2) is 36.5 Å². The summed E-state index contributed by atoms with van der Waals surface area (Å²) in [5, 5.41) is 8.59. The summed E-state index contributed by atoms with van der Waals surface area (Å²) in [4.78, 5) is 6.87. The maximum absolute atomic E-state index is 7.42. The molecule has 1 aromatic heterocycles. The fourth-order valence-electron chi connectivity index (χ4n) is 2.57. The largest absolute Gasteiger partial charge is 0.388 e. The van der Waals surface area contributed by atoms with E-state index >= 15 is 0 Å². The molecule has 21 heavy (non-hydrogen) atoms. The van der Waals surface area contributed by atoms with Gasteiger partial charge in [0, 0.05) is 37.6 Å². The Hall–Kier alpha value is -1.94. The normalized spacial score (nSPS) is 11.4. The van der Waals surface area contributed by atoms with Crippen LogP contribution in [0.25, 0.3) is 10.9 Å². The van der Waals surface area contributed by atoms with Crippen LogP contribution in [0.4, 0.5) is 0 Å². The van der Waals surface area contributed by atoms with Crippen LogP contribution < -0.4 is 5.73 Å². The van der Waals surface area contributed by atoms with Crippen LogP contribution in [0.1, 0.15) is 25.8 Å². The molecule has 0 amide bonds. The zero-order chi connectivity index (χ0) is 15.2. The molecule has 0 bridgehead atoms. The first-order valence-electron chi connectivity index (χ1n) is 7.44. The molecule has 2 aromatic rings. The molecular formula is C17H24N4. The van der Waals surface area contributed by atoms with Crippen molar-refractivity contribution in [3.8, 4) is 0 Å². The number of aromatic nitrogens is 1. The number of hydrogen-bond donors (Lipinski definition) is 2. The lowest BCUT2D eigenvalue weighted by atomic mass is 10.1. The van der Waals surface area contributed by atoms with Crippen molar-refractivity contribution in [3.05, 3.63) is 42.1 Å². The average Bonchev–Trinajstić information content (AvgIpc) is 2.44. The van der Waals surface area contributed by atoms with Gasteiger partial charge in [-0.25, -0.2) is 0 Å². The number of rotatable bonds is 7. The maximum atomic E-state index is 7.42. The van der Waals surface area contributed by atoms with E-state index in [0.717, 1.165) is 25.2 Å². The molecule has 4 heteroatoms. The molecule has 0 saturated heterocycles. The third kappa shape index (κ3) is 4.53. The monoisotopic (exact) mass is 284 g/mol. The second-order valence-electron chi connectivity index (χ2n) is 5.90. The molecule has 2 rings (SSSR count). The molecule has 1 aromatic carbocycles. The van der Waals surface area contributed by atoms with E-state index < -0.39 is 0 Å². The molecule has 0 radical (unpaired) electrons. The predicted molar refractivity (Wildman–Crippen MR) is 88.4 cm³/mol. The van der Waals surface area contributed by atoms with Gasteiger partial charge in [-0.15, -0.1) is 0 Å². The summed E-state index contributed by atoms with van der Waals surface area (Å²) in [7, 11) is 0. The summed E-state index contributed by atoms with van der Waals surface area (Å²) in [6.45, 7) is 7.08. The number of para-hydroxylation sites is 1. The van der Waals surface area contributed by atoms with Crippen molar-refractivity contribution in [2.75, 3.05) is 13.1 Å². The van der Waals surface area contributed by atoms with Crippen LogP contribution >= 0.6 is 0 Å². The Morgan fingerprint density at radius 3 is 2.76 bits per heavy atom. The Bertz CT molecular complexity index is 601. The minimum absolute atomic E-state index is 0.250. The Labute approximate surface area is 126 Å². The highest BCUT2D eigenvalue weighted by molar-refractivity contribution is 5.81. The summed E-state index contributed by atoms with van der Waals surface area (Å²) >= 11 is 0. The van der Waals surface area contributed by atoms with Gasteiger partial charge < -0.3 is 5.73 Å². The number of nitrogens with zero attached hydrogens (tertiary/aromatic N) is 2. The number of nitrogens with one attached hydrogen (secondary N) is 1. The van der Waals surface area contributed by atoms with Crippen LogP contribution in [0, 0.1) is 11.3 Å². The minimum atomic E-state index is 0.250. The molecule has 0 aliphatic heterocycles.